The minimum absolute atomic E-state index is 0.0363. The molecule has 9 heteroatoms. The first-order valence-electron chi connectivity index (χ1n) is 6.82. The van der Waals surface area contributed by atoms with Gasteiger partial charge in [-0.1, -0.05) is 23.7 Å². The molecule has 0 aromatic heterocycles. The number of nitrogens with one attached hydrogen (secondary N) is 1. The van der Waals surface area contributed by atoms with E-state index >= 15 is 0 Å². The number of nitro benzene ring substituents is 1. The smallest absolute Gasteiger partial charge is 0.340 e. The van der Waals surface area contributed by atoms with E-state index in [4.69, 9.17) is 21.6 Å². The van der Waals surface area contributed by atoms with Gasteiger partial charge in [0.25, 0.3) is 11.6 Å². The summed E-state index contributed by atoms with van der Waals surface area (Å²) in [5.74, 6) is -1.64. The maximum atomic E-state index is 12.0. The first-order valence-corrected chi connectivity index (χ1v) is 7.20. The molecule has 25 heavy (non-hydrogen) atoms. The number of para-hydroxylation sites is 1. The highest BCUT2D eigenvalue weighted by atomic mass is 35.5. The summed E-state index contributed by atoms with van der Waals surface area (Å²) >= 11 is 5.82. The quantitative estimate of drug-likeness (QED) is 0.497. The van der Waals surface area contributed by atoms with Gasteiger partial charge in [-0.25, -0.2) is 4.79 Å². The Morgan fingerprint density at radius 3 is 2.68 bits per heavy atom. The highest BCUT2D eigenvalue weighted by Gasteiger charge is 2.18. The Bertz CT molecular complexity index is 892. The van der Waals surface area contributed by atoms with E-state index in [0.717, 1.165) is 12.1 Å². The summed E-state index contributed by atoms with van der Waals surface area (Å²) in [7, 11) is 0. The fraction of sp³-hybridized carbons (Fsp3) is 0.0625. The molecule has 0 atom stereocenters. The van der Waals surface area contributed by atoms with Gasteiger partial charge in [-0.2, -0.15) is 5.26 Å². The number of benzene rings is 2. The molecule has 0 radical (unpaired) electrons. The maximum Gasteiger partial charge on any atom is 0.340 e. The second-order valence-corrected chi connectivity index (χ2v) is 5.11. The predicted octanol–water partition coefficient (Wildman–Crippen LogP) is 2.92. The van der Waals surface area contributed by atoms with Crippen molar-refractivity contribution in [3.63, 3.8) is 0 Å². The van der Waals surface area contributed by atoms with E-state index in [-0.39, 0.29) is 27.5 Å². The van der Waals surface area contributed by atoms with E-state index in [0.29, 0.717) is 0 Å². The zero-order valence-corrected chi connectivity index (χ0v) is 13.3. The Morgan fingerprint density at radius 2 is 2.00 bits per heavy atom. The van der Waals surface area contributed by atoms with Crippen LogP contribution in [0.5, 0.6) is 0 Å². The number of nitriles is 1. The Labute approximate surface area is 146 Å². The first kappa shape index (κ1) is 17.9. The predicted molar refractivity (Wildman–Crippen MR) is 88.2 cm³/mol. The van der Waals surface area contributed by atoms with E-state index < -0.39 is 23.4 Å². The summed E-state index contributed by atoms with van der Waals surface area (Å²) in [6, 6.07) is 11.5. The zero-order chi connectivity index (χ0) is 18.4. The number of rotatable bonds is 5. The van der Waals surface area contributed by atoms with Gasteiger partial charge in [0.2, 0.25) is 0 Å². The van der Waals surface area contributed by atoms with Crippen molar-refractivity contribution in [2.75, 3.05) is 11.9 Å². The van der Waals surface area contributed by atoms with Crippen LogP contribution in [0.1, 0.15) is 15.9 Å². The van der Waals surface area contributed by atoms with Crippen LogP contribution < -0.4 is 5.32 Å². The molecule has 0 spiro atoms. The van der Waals surface area contributed by atoms with Crippen LogP contribution in [-0.4, -0.2) is 23.4 Å². The van der Waals surface area contributed by atoms with Gasteiger partial charge in [0.15, 0.2) is 6.61 Å². The molecule has 2 rings (SSSR count). The fourth-order valence-electron chi connectivity index (χ4n) is 1.87. The number of nitro groups is 1. The van der Waals surface area contributed by atoms with Gasteiger partial charge in [-0.05, 0) is 18.2 Å². The highest BCUT2D eigenvalue weighted by Crippen LogP contribution is 2.22. The number of anilines is 1. The number of non-ortho nitro benzene ring substituents is 1. The van der Waals surface area contributed by atoms with E-state index in [2.05, 4.69) is 5.32 Å². The second kappa shape index (κ2) is 7.90. The SMILES string of the molecule is N#Cc1ccccc1NC(=O)COC(=O)c1cc([N+](=O)[O-])ccc1Cl. The van der Waals surface area contributed by atoms with Crippen molar-refractivity contribution in [3.05, 3.63) is 68.7 Å². The largest absolute Gasteiger partial charge is 0.452 e. The summed E-state index contributed by atoms with van der Waals surface area (Å²) in [6.45, 7) is -0.641. The number of esters is 1. The van der Waals surface area contributed by atoms with Crippen LogP contribution in [0, 0.1) is 21.4 Å². The number of hydrogen-bond donors (Lipinski definition) is 1. The molecular formula is C16H10ClN3O5. The number of halogens is 1. The Kier molecular flexibility index (Phi) is 5.66. The molecule has 0 bridgehead atoms. The number of carbonyl (C=O) groups excluding carboxylic acids is 2. The molecule has 0 aliphatic rings. The molecule has 1 N–H and O–H groups in total. The van der Waals surface area contributed by atoms with Gasteiger partial charge in [-0.15, -0.1) is 0 Å². The van der Waals surface area contributed by atoms with Gasteiger partial charge in [0.1, 0.15) is 6.07 Å². The van der Waals surface area contributed by atoms with Gasteiger partial charge >= 0.3 is 5.97 Å². The molecule has 2 aromatic rings. The maximum absolute atomic E-state index is 12.0. The monoisotopic (exact) mass is 359 g/mol. The van der Waals surface area contributed by atoms with Crippen molar-refractivity contribution in [2.24, 2.45) is 0 Å². The molecule has 0 fully saturated rings. The van der Waals surface area contributed by atoms with Gasteiger partial charge in [0, 0.05) is 12.1 Å². The number of amides is 1. The molecule has 0 aliphatic carbocycles. The van der Waals surface area contributed by atoms with Crippen LogP contribution in [0.3, 0.4) is 0 Å². The lowest BCUT2D eigenvalue weighted by atomic mass is 10.2. The number of carbonyl (C=O) groups is 2. The number of hydrogen-bond acceptors (Lipinski definition) is 6. The van der Waals surface area contributed by atoms with E-state index in [1.165, 1.54) is 18.2 Å². The van der Waals surface area contributed by atoms with E-state index in [1.54, 1.807) is 12.1 Å². The fourth-order valence-corrected chi connectivity index (χ4v) is 2.06. The third-order valence-electron chi connectivity index (χ3n) is 3.04. The third kappa shape index (κ3) is 4.53. The molecular weight excluding hydrogens is 350 g/mol. The lowest BCUT2D eigenvalue weighted by Gasteiger charge is -2.08. The van der Waals surface area contributed by atoms with Gasteiger partial charge in [-0.3, -0.25) is 14.9 Å². The molecule has 0 unspecified atom stereocenters. The second-order valence-electron chi connectivity index (χ2n) is 4.70. The van der Waals surface area contributed by atoms with Gasteiger partial charge < -0.3 is 10.1 Å². The number of ether oxygens (including phenoxy) is 1. The first-order chi connectivity index (χ1) is 11.9. The van der Waals surface area contributed by atoms with E-state index in [1.807, 2.05) is 6.07 Å². The van der Waals surface area contributed by atoms with Crippen molar-refractivity contribution >= 4 is 34.9 Å². The van der Waals surface area contributed by atoms with Crippen LogP contribution in [0.25, 0.3) is 0 Å². The van der Waals surface area contributed by atoms with Crippen LogP contribution in [0.15, 0.2) is 42.5 Å². The molecule has 1 amide bonds. The summed E-state index contributed by atoms with van der Waals surface area (Å²) in [6.07, 6.45) is 0. The summed E-state index contributed by atoms with van der Waals surface area (Å²) in [4.78, 5) is 33.9. The summed E-state index contributed by atoms with van der Waals surface area (Å²) in [5, 5.41) is 22.1. The van der Waals surface area contributed by atoms with Gasteiger partial charge in [0.05, 0.1) is 26.8 Å². The third-order valence-corrected chi connectivity index (χ3v) is 3.37. The van der Waals surface area contributed by atoms with Crippen molar-refractivity contribution < 1.29 is 19.2 Å². The Balaban J connectivity index is 2.03. The lowest BCUT2D eigenvalue weighted by molar-refractivity contribution is -0.384. The van der Waals surface area contributed by atoms with Crippen molar-refractivity contribution in [3.8, 4) is 6.07 Å². The van der Waals surface area contributed by atoms with Crippen LogP contribution in [0.2, 0.25) is 5.02 Å². The van der Waals surface area contributed by atoms with Crippen molar-refractivity contribution in [1.82, 2.24) is 0 Å². The molecule has 0 aliphatic heterocycles. The number of nitrogens with zero attached hydrogens (tertiary/aromatic N) is 2. The average Bonchev–Trinajstić information content (AvgIpc) is 2.60. The Morgan fingerprint density at radius 1 is 1.28 bits per heavy atom. The minimum Gasteiger partial charge on any atom is -0.452 e. The lowest BCUT2D eigenvalue weighted by Crippen LogP contribution is -2.21. The van der Waals surface area contributed by atoms with Crippen molar-refractivity contribution in [1.29, 1.82) is 5.26 Å². The van der Waals surface area contributed by atoms with Crippen LogP contribution in [0.4, 0.5) is 11.4 Å². The minimum atomic E-state index is -0.975. The molecule has 126 valence electrons. The molecule has 0 saturated heterocycles. The van der Waals surface area contributed by atoms with Crippen LogP contribution in [-0.2, 0) is 9.53 Å². The highest BCUT2D eigenvalue weighted by molar-refractivity contribution is 6.33. The van der Waals surface area contributed by atoms with E-state index in [9.17, 15) is 19.7 Å². The zero-order valence-electron chi connectivity index (χ0n) is 12.6. The average molecular weight is 360 g/mol. The molecule has 2 aromatic carbocycles. The topological polar surface area (TPSA) is 122 Å². The van der Waals surface area contributed by atoms with Crippen LogP contribution >= 0.6 is 11.6 Å². The molecule has 8 nitrogen and oxygen atoms in total. The Hall–Kier alpha value is -3.44. The summed E-state index contributed by atoms with van der Waals surface area (Å²) in [5.41, 5.74) is -0.0202. The molecule has 0 saturated carbocycles. The van der Waals surface area contributed by atoms with Crippen molar-refractivity contribution in [2.45, 2.75) is 0 Å². The summed E-state index contributed by atoms with van der Waals surface area (Å²) < 4.78 is 4.81. The standard InChI is InChI=1S/C16H10ClN3O5/c17-13-6-5-11(20(23)24)7-12(13)16(22)25-9-15(21)19-14-4-2-1-3-10(14)8-18/h1-7H,9H2,(H,19,21). The normalized spacial score (nSPS) is 9.76. The molecule has 0 heterocycles.